The number of ether oxygens (including phenoxy) is 1. The summed E-state index contributed by atoms with van der Waals surface area (Å²) in [5.41, 5.74) is 2.96. The van der Waals surface area contributed by atoms with Crippen LogP contribution in [0.2, 0.25) is 0 Å². The van der Waals surface area contributed by atoms with E-state index in [-0.39, 0.29) is 11.4 Å². The summed E-state index contributed by atoms with van der Waals surface area (Å²) < 4.78 is 18.3. The van der Waals surface area contributed by atoms with Gasteiger partial charge in [-0.3, -0.25) is 0 Å². The van der Waals surface area contributed by atoms with Crippen LogP contribution >= 0.6 is 0 Å². The average molecular weight is 363 g/mol. The predicted octanol–water partition coefficient (Wildman–Crippen LogP) is 5.45. The smallest absolute Gasteiger partial charge is 0.337 e. The van der Waals surface area contributed by atoms with Gasteiger partial charge in [0.1, 0.15) is 11.6 Å². The molecule has 2 N–H and O–H groups in total. The van der Waals surface area contributed by atoms with Gasteiger partial charge < -0.3 is 15.2 Å². The molecule has 0 atom stereocenters. The minimum Gasteiger partial charge on any atom is -0.497 e. The summed E-state index contributed by atoms with van der Waals surface area (Å²) in [5.74, 6) is -0.631. The Hall–Kier alpha value is -3.60. The molecule has 0 fully saturated rings. The number of anilines is 2. The Morgan fingerprint density at radius 2 is 1.70 bits per heavy atom. The zero-order chi connectivity index (χ0) is 19.2. The van der Waals surface area contributed by atoms with E-state index < -0.39 is 5.97 Å². The Balaban J connectivity index is 1.89. The summed E-state index contributed by atoms with van der Waals surface area (Å²) in [4.78, 5) is 11.5. The SMILES string of the molecule is COc1cccc(/C=C/c2ccc(C(=O)O)c(Nc3ccc(F)cc3)c2)c1. The largest absolute Gasteiger partial charge is 0.497 e. The molecule has 3 rings (SSSR count). The summed E-state index contributed by atoms with van der Waals surface area (Å²) in [6.45, 7) is 0. The maximum Gasteiger partial charge on any atom is 0.337 e. The zero-order valence-electron chi connectivity index (χ0n) is 14.6. The average Bonchev–Trinajstić information content (AvgIpc) is 2.68. The van der Waals surface area contributed by atoms with Crippen molar-refractivity contribution in [3.8, 4) is 5.75 Å². The quantitative estimate of drug-likeness (QED) is 0.572. The van der Waals surface area contributed by atoms with Crippen LogP contribution in [0, 0.1) is 5.82 Å². The molecule has 0 amide bonds. The van der Waals surface area contributed by atoms with Crippen molar-refractivity contribution in [1.29, 1.82) is 0 Å². The molecule has 0 aromatic heterocycles. The van der Waals surface area contributed by atoms with Gasteiger partial charge in [-0.25, -0.2) is 9.18 Å². The van der Waals surface area contributed by atoms with Crippen molar-refractivity contribution in [2.75, 3.05) is 12.4 Å². The molecular weight excluding hydrogens is 345 g/mol. The maximum absolute atomic E-state index is 13.1. The molecule has 0 bridgehead atoms. The first-order valence-corrected chi connectivity index (χ1v) is 8.27. The number of halogens is 1. The van der Waals surface area contributed by atoms with Crippen LogP contribution in [0.5, 0.6) is 5.75 Å². The summed E-state index contributed by atoms with van der Waals surface area (Å²) in [7, 11) is 1.61. The second kappa shape index (κ2) is 8.19. The normalized spacial score (nSPS) is 10.7. The number of methoxy groups -OCH3 is 1. The van der Waals surface area contributed by atoms with Crippen LogP contribution in [-0.4, -0.2) is 18.2 Å². The third kappa shape index (κ3) is 4.73. The van der Waals surface area contributed by atoms with E-state index in [1.54, 1.807) is 37.4 Å². The highest BCUT2D eigenvalue weighted by Crippen LogP contribution is 2.24. The number of carbonyl (C=O) groups is 1. The highest BCUT2D eigenvalue weighted by molar-refractivity contribution is 5.96. The highest BCUT2D eigenvalue weighted by atomic mass is 19.1. The van der Waals surface area contributed by atoms with E-state index in [0.717, 1.165) is 16.9 Å². The molecule has 0 heterocycles. The third-order valence-corrected chi connectivity index (χ3v) is 3.96. The van der Waals surface area contributed by atoms with Crippen molar-refractivity contribution in [1.82, 2.24) is 0 Å². The summed E-state index contributed by atoms with van der Waals surface area (Å²) in [5, 5.41) is 12.4. The minimum atomic E-state index is -1.04. The number of nitrogens with one attached hydrogen (secondary N) is 1. The van der Waals surface area contributed by atoms with E-state index in [0.29, 0.717) is 11.4 Å². The molecule has 0 aliphatic heterocycles. The van der Waals surface area contributed by atoms with E-state index in [1.807, 2.05) is 36.4 Å². The zero-order valence-corrected chi connectivity index (χ0v) is 14.6. The summed E-state index contributed by atoms with van der Waals surface area (Å²) >= 11 is 0. The van der Waals surface area contributed by atoms with E-state index in [4.69, 9.17) is 4.74 Å². The number of benzene rings is 3. The van der Waals surface area contributed by atoms with Crippen LogP contribution in [-0.2, 0) is 0 Å². The standard InChI is InChI=1S/C22H18FNO3/c1-27-19-4-2-3-15(13-19)5-6-16-7-12-20(22(25)26)21(14-16)24-18-10-8-17(23)9-11-18/h2-14,24H,1H3,(H,25,26)/b6-5+. The lowest BCUT2D eigenvalue weighted by Crippen LogP contribution is -2.03. The fourth-order valence-corrected chi connectivity index (χ4v) is 2.58. The number of carboxylic acids is 1. The Labute approximate surface area is 156 Å². The number of carboxylic acid groups (broad SMARTS) is 1. The van der Waals surface area contributed by atoms with Crippen molar-refractivity contribution < 1.29 is 19.0 Å². The van der Waals surface area contributed by atoms with Crippen molar-refractivity contribution in [2.45, 2.75) is 0 Å². The van der Waals surface area contributed by atoms with E-state index in [9.17, 15) is 14.3 Å². The molecule has 0 saturated carbocycles. The molecule has 136 valence electrons. The lowest BCUT2D eigenvalue weighted by atomic mass is 10.1. The first-order valence-electron chi connectivity index (χ1n) is 8.27. The lowest BCUT2D eigenvalue weighted by Gasteiger charge is -2.11. The molecule has 0 radical (unpaired) electrons. The topological polar surface area (TPSA) is 58.6 Å². The molecule has 3 aromatic rings. The molecule has 4 nitrogen and oxygen atoms in total. The lowest BCUT2D eigenvalue weighted by molar-refractivity contribution is 0.0698. The van der Waals surface area contributed by atoms with Crippen LogP contribution in [0.25, 0.3) is 12.2 Å². The fraction of sp³-hybridized carbons (Fsp3) is 0.0455. The predicted molar refractivity (Wildman–Crippen MR) is 105 cm³/mol. The van der Waals surface area contributed by atoms with Crippen molar-refractivity contribution in [2.24, 2.45) is 0 Å². The molecule has 27 heavy (non-hydrogen) atoms. The van der Waals surface area contributed by atoms with Crippen LogP contribution in [0.3, 0.4) is 0 Å². The molecule has 0 aliphatic rings. The summed E-state index contributed by atoms with van der Waals surface area (Å²) in [6, 6.07) is 18.4. The minimum absolute atomic E-state index is 0.137. The number of hydrogen-bond donors (Lipinski definition) is 2. The van der Waals surface area contributed by atoms with Crippen molar-refractivity contribution in [3.05, 3.63) is 89.2 Å². The van der Waals surface area contributed by atoms with Crippen molar-refractivity contribution >= 4 is 29.5 Å². The highest BCUT2D eigenvalue weighted by Gasteiger charge is 2.10. The molecule has 0 saturated heterocycles. The maximum atomic E-state index is 13.1. The van der Waals surface area contributed by atoms with Gasteiger partial charge in [0.25, 0.3) is 0 Å². The second-order valence-corrected chi connectivity index (χ2v) is 5.85. The van der Waals surface area contributed by atoms with E-state index in [1.165, 1.54) is 12.1 Å². The van der Waals surface area contributed by atoms with Gasteiger partial charge in [0.15, 0.2) is 0 Å². The van der Waals surface area contributed by atoms with Gasteiger partial charge in [0.05, 0.1) is 18.4 Å². The fourth-order valence-electron chi connectivity index (χ4n) is 2.58. The van der Waals surface area contributed by atoms with Crippen LogP contribution in [0.1, 0.15) is 21.5 Å². The van der Waals surface area contributed by atoms with Gasteiger partial charge in [0.2, 0.25) is 0 Å². The number of hydrogen-bond acceptors (Lipinski definition) is 3. The third-order valence-electron chi connectivity index (χ3n) is 3.96. The van der Waals surface area contributed by atoms with Gasteiger partial charge in [-0.2, -0.15) is 0 Å². The van der Waals surface area contributed by atoms with Crippen LogP contribution in [0.15, 0.2) is 66.7 Å². The molecule has 5 heteroatoms. The second-order valence-electron chi connectivity index (χ2n) is 5.85. The summed E-state index contributed by atoms with van der Waals surface area (Å²) in [6.07, 6.45) is 3.80. The van der Waals surface area contributed by atoms with Gasteiger partial charge in [0, 0.05) is 5.69 Å². The van der Waals surface area contributed by atoms with Gasteiger partial charge in [-0.05, 0) is 59.7 Å². The molecular formula is C22H18FNO3. The Morgan fingerprint density at radius 3 is 2.37 bits per heavy atom. The number of aromatic carboxylic acids is 1. The Morgan fingerprint density at radius 1 is 1.00 bits per heavy atom. The van der Waals surface area contributed by atoms with Gasteiger partial charge in [-0.15, -0.1) is 0 Å². The van der Waals surface area contributed by atoms with Crippen LogP contribution < -0.4 is 10.1 Å². The number of rotatable bonds is 6. The van der Waals surface area contributed by atoms with Gasteiger partial charge >= 0.3 is 5.97 Å². The molecule has 0 aliphatic carbocycles. The Kier molecular flexibility index (Phi) is 5.52. The molecule has 0 unspecified atom stereocenters. The van der Waals surface area contributed by atoms with E-state index in [2.05, 4.69) is 5.32 Å². The van der Waals surface area contributed by atoms with Gasteiger partial charge in [-0.1, -0.05) is 30.4 Å². The molecule has 0 spiro atoms. The Bertz CT molecular complexity index is 981. The monoisotopic (exact) mass is 363 g/mol. The van der Waals surface area contributed by atoms with Crippen LogP contribution in [0.4, 0.5) is 15.8 Å². The molecule has 3 aromatic carbocycles. The van der Waals surface area contributed by atoms with Crippen molar-refractivity contribution in [3.63, 3.8) is 0 Å². The van der Waals surface area contributed by atoms with E-state index >= 15 is 0 Å². The first kappa shape index (κ1) is 18.2. The first-order chi connectivity index (χ1) is 13.0.